The molecule has 0 bridgehead atoms. The smallest absolute Gasteiger partial charge is 0.401 e. The number of esters is 1. The molecule has 0 spiro atoms. The number of alkyl halides is 3. The molecule has 7 heteroatoms. The van der Waals surface area contributed by atoms with Gasteiger partial charge in [-0.15, -0.1) is 0 Å². The predicted molar refractivity (Wildman–Crippen MR) is 53.0 cm³/mol. The first-order valence-corrected chi connectivity index (χ1v) is 4.80. The molecule has 0 aromatic rings. The van der Waals surface area contributed by atoms with Crippen LogP contribution < -0.4 is 5.32 Å². The topological polar surface area (TPSA) is 41.6 Å². The maximum absolute atomic E-state index is 12.0. The van der Waals surface area contributed by atoms with Gasteiger partial charge in [0.1, 0.15) is 6.04 Å². The highest BCUT2D eigenvalue weighted by molar-refractivity contribution is 5.75. The van der Waals surface area contributed by atoms with Gasteiger partial charge >= 0.3 is 12.1 Å². The molecule has 1 N–H and O–H groups in total. The Labute approximate surface area is 92.7 Å². The molecular weight excluding hydrogens is 225 g/mol. The molecule has 0 aliphatic heterocycles. The van der Waals surface area contributed by atoms with Crippen LogP contribution in [0.4, 0.5) is 13.2 Å². The van der Waals surface area contributed by atoms with E-state index in [1.54, 1.807) is 7.05 Å². The number of rotatable bonds is 6. The zero-order chi connectivity index (χ0) is 12.8. The number of ether oxygens (including phenoxy) is 1. The molecule has 1 atom stereocenters. The second kappa shape index (κ2) is 6.70. The molecule has 0 aromatic carbocycles. The highest BCUT2D eigenvalue weighted by Gasteiger charge is 2.29. The fourth-order valence-corrected chi connectivity index (χ4v) is 1.26. The summed E-state index contributed by atoms with van der Waals surface area (Å²) in [6.07, 6.45) is -3.94. The predicted octanol–water partition coefficient (Wildman–Crippen LogP) is 0.632. The van der Waals surface area contributed by atoms with Crippen molar-refractivity contribution in [2.45, 2.75) is 18.6 Å². The number of likely N-dealkylation sites (N-methyl/N-ethyl adjacent to an activating group) is 1. The third kappa shape index (κ3) is 6.62. The van der Waals surface area contributed by atoms with E-state index in [0.29, 0.717) is 0 Å². The van der Waals surface area contributed by atoms with Gasteiger partial charge < -0.3 is 10.1 Å². The van der Waals surface area contributed by atoms with E-state index in [9.17, 15) is 18.0 Å². The van der Waals surface area contributed by atoms with Crippen LogP contribution >= 0.6 is 0 Å². The summed E-state index contributed by atoms with van der Waals surface area (Å²) in [7, 11) is 4.16. The van der Waals surface area contributed by atoms with Gasteiger partial charge in [-0.2, -0.15) is 13.2 Å². The lowest BCUT2D eigenvalue weighted by Crippen LogP contribution is -2.39. The van der Waals surface area contributed by atoms with Crippen LogP contribution in [0.5, 0.6) is 0 Å². The van der Waals surface area contributed by atoms with Gasteiger partial charge in [0.15, 0.2) is 0 Å². The second-order valence-electron chi connectivity index (χ2n) is 3.51. The summed E-state index contributed by atoms with van der Waals surface area (Å²) in [4.78, 5) is 12.2. The van der Waals surface area contributed by atoms with E-state index in [-0.39, 0.29) is 13.0 Å². The molecule has 0 heterocycles. The SMILES string of the molecule is CNC(CCN(C)CC(F)(F)F)C(=O)OC. The average Bonchev–Trinajstić information content (AvgIpc) is 2.15. The fraction of sp³-hybridized carbons (Fsp3) is 0.889. The van der Waals surface area contributed by atoms with E-state index in [1.165, 1.54) is 14.2 Å². The van der Waals surface area contributed by atoms with Crippen molar-refractivity contribution in [2.75, 3.05) is 34.3 Å². The van der Waals surface area contributed by atoms with Crippen molar-refractivity contribution in [3.05, 3.63) is 0 Å². The first-order valence-electron chi connectivity index (χ1n) is 4.80. The van der Waals surface area contributed by atoms with Crippen LogP contribution in [0.15, 0.2) is 0 Å². The quantitative estimate of drug-likeness (QED) is 0.694. The minimum Gasteiger partial charge on any atom is -0.468 e. The summed E-state index contributed by atoms with van der Waals surface area (Å²) in [5.74, 6) is -0.470. The van der Waals surface area contributed by atoms with Crippen molar-refractivity contribution in [3.63, 3.8) is 0 Å². The van der Waals surface area contributed by atoms with Crippen molar-refractivity contribution in [2.24, 2.45) is 0 Å². The molecular formula is C9H17F3N2O2. The molecule has 0 saturated carbocycles. The average molecular weight is 242 g/mol. The molecule has 0 fully saturated rings. The molecule has 16 heavy (non-hydrogen) atoms. The van der Waals surface area contributed by atoms with Crippen LogP contribution in [0, 0.1) is 0 Å². The van der Waals surface area contributed by atoms with Gasteiger partial charge in [-0.1, -0.05) is 0 Å². The van der Waals surface area contributed by atoms with Gasteiger partial charge in [-0.25, -0.2) is 0 Å². The summed E-state index contributed by atoms with van der Waals surface area (Å²) < 4.78 is 40.5. The Kier molecular flexibility index (Phi) is 6.35. The third-order valence-electron chi connectivity index (χ3n) is 2.08. The van der Waals surface area contributed by atoms with Gasteiger partial charge in [-0.05, 0) is 20.5 Å². The van der Waals surface area contributed by atoms with Gasteiger partial charge in [0, 0.05) is 6.54 Å². The summed E-state index contributed by atoms with van der Waals surface area (Å²) >= 11 is 0. The Hall–Kier alpha value is -0.820. The lowest BCUT2D eigenvalue weighted by molar-refractivity contribution is -0.145. The highest BCUT2D eigenvalue weighted by atomic mass is 19.4. The number of carbonyl (C=O) groups is 1. The molecule has 0 radical (unpaired) electrons. The molecule has 1 unspecified atom stereocenters. The maximum Gasteiger partial charge on any atom is 0.401 e. The van der Waals surface area contributed by atoms with Crippen LogP contribution in [0.1, 0.15) is 6.42 Å². The fourth-order valence-electron chi connectivity index (χ4n) is 1.26. The Balaban J connectivity index is 3.98. The zero-order valence-corrected chi connectivity index (χ0v) is 9.60. The van der Waals surface area contributed by atoms with Gasteiger partial charge in [0.2, 0.25) is 0 Å². The normalized spacial score (nSPS) is 13.9. The largest absolute Gasteiger partial charge is 0.468 e. The van der Waals surface area contributed by atoms with Gasteiger partial charge in [-0.3, -0.25) is 9.69 Å². The summed E-state index contributed by atoms with van der Waals surface area (Å²) in [6, 6.07) is -0.569. The molecule has 0 aromatic heterocycles. The Bertz CT molecular complexity index is 221. The number of hydrogen-bond donors (Lipinski definition) is 1. The molecule has 0 aliphatic rings. The minimum atomic E-state index is -4.21. The van der Waals surface area contributed by atoms with Gasteiger partial charge in [0.05, 0.1) is 13.7 Å². The summed E-state index contributed by atoms with van der Waals surface area (Å²) in [5.41, 5.74) is 0. The van der Waals surface area contributed by atoms with Crippen molar-refractivity contribution in [1.29, 1.82) is 0 Å². The number of nitrogens with zero attached hydrogens (tertiary/aromatic N) is 1. The van der Waals surface area contributed by atoms with Crippen LogP contribution in [-0.2, 0) is 9.53 Å². The Morgan fingerprint density at radius 3 is 2.44 bits per heavy atom. The highest BCUT2D eigenvalue weighted by Crippen LogP contribution is 2.15. The number of halogens is 3. The second-order valence-corrected chi connectivity index (χ2v) is 3.51. The number of carbonyl (C=O) groups excluding carboxylic acids is 1. The van der Waals surface area contributed by atoms with E-state index in [4.69, 9.17) is 0 Å². The van der Waals surface area contributed by atoms with E-state index < -0.39 is 24.7 Å². The standard InChI is InChI=1S/C9H17F3N2O2/c1-13-7(8(15)16-3)4-5-14(2)6-9(10,11)12/h7,13H,4-6H2,1-3H3. The van der Waals surface area contributed by atoms with Gasteiger partial charge in [0.25, 0.3) is 0 Å². The number of methoxy groups -OCH3 is 1. The zero-order valence-electron chi connectivity index (χ0n) is 9.60. The number of hydrogen-bond acceptors (Lipinski definition) is 4. The molecule has 96 valence electrons. The molecule has 0 saturated heterocycles. The monoisotopic (exact) mass is 242 g/mol. The van der Waals surface area contributed by atoms with E-state index in [0.717, 1.165) is 4.90 Å². The third-order valence-corrected chi connectivity index (χ3v) is 2.08. The van der Waals surface area contributed by atoms with Crippen molar-refractivity contribution < 1.29 is 22.7 Å². The van der Waals surface area contributed by atoms with E-state index >= 15 is 0 Å². The Morgan fingerprint density at radius 2 is 2.06 bits per heavy atom. The lowest BCUT2D eigenvalue weighted by atomic mass is 10.2. The molecule has 0 aliphatic carbocycles. The maximum atomic E-state index is 12.0. The summed E-state index contributed by atoms with van der Waals surface area (Å²) in [5, 5.41) is 2.69. The van der Waals surface area contributed by atoms with Crippen molar-refractivity contribution >= 4 is 5.97 Å². The van der Waals surface area contributed by atoms with E-state index in [2.05, 4.69) is 10.1 Å². The van der Waals surface area contributed by atoms with Crippen LogP contribution in [0.3, 0.4) is 0 Å². The van der Waals surface area contributed by atoms with Crippen LogP contribution in [0.25, 0.3) is 0 Å². The number of nitrogens with one attached hydrogen (secondary N) is 1. The van der Waals surface area contributed by atoms with Crippen LogP contribution in [0.2, 0.25) is 0 Å². The first-order chi connectivity index (χ1) is 7.30. The van der Waals surface area contributed by atoms with Crippen molar-refractivity contribution in [3.8, 4) is 0 Å². The Morgan fingerprint density at radius 1 is 1.50 bits per heavy atom. The van der Waals surface area contributed by atoms with Crippen molar-refractivity contribution in [1.82, 2.24) is 10.2 Å². The minimum absolute atomic E-state index is 0.167. The molecule has 0 rings (SSSR count). The van der Waals surface area contributed by atoms with Crippen LogP contribution in [-0.4, -0.2) is 57.4 Å². The lowest BCUT2D eigenvalue weighted by Gasteiger charge is -2.21. The summed E-state index contributed by atoms with van der Waals surface area (Å²) in [6.45, 7) is -0.815. The molecule has 4 nitrogen and oxygen atoms in total. The first kappa shape index (κ1) is 15.2. The molecule has 0 amide bonds. The van der Waals surface area contributed by atoms with E-state index in [1.807, 2.05) is 0 Å².